The average Bonchev–Trinajstić information content (AvgIpc) is 2.81. The van der Waals surface area contributed by atoms with Crippen LogP contribution in [0.5, 0.6) is 0 Å². The van der Waals surface area contributed by atoms with Gasteiger partial charge in [0, 0.05) is 33.3 Å². The molecule has 0 fully saturated rings. The van der Waals surface area contributed by atoms with Crippen LogP contribution in [0.3, 0.4) is 0 Å². The van der Waals surface area contributed by atoms with Crippen LogP contribution in [0.15, 0.2) is 34.5 Å². The fourth-order valence-electron chi connectivity index (χ4n) is 1.78. The highest BCUT2D eigenvalue weighted by Crippen LogP contribution is 2.37. The zero-order chi connectivity index (χ0) is 11.5. The van der Waals surface area contributed by atoms with Gasteiger partial charge in [-0.1, -0.05) is 6.08 Å². The van der Waals surface area contributed by atoms with E-state index in [1.807, 2.05) is 18.2 Å². The predicted octanol–water partition coefficient (Wildman–Crippen LogP) is 3.54. The maximum atomic E-state index is 11.3. The summed E-state index contributed by atoms with van der Waals surface area (Å²) in [5.41, 5.74) is 0.895. The molecular weight excluding hydrogens is 337 g/mol. The highest BCUT2D eigenvalue weighted by molar-refractivity contribution is 14.2. The number of furan rings is 1. The highest BCUT2D eigenvalue weighted by Gasteiger charge is 2.27. The SMILES string of the molecule is CC(=O)C1=CCC(c2ccco2)N(SI)C1. The van der Waals surface area contributed by atoms with Crippen molar-refractivity contribution in [2.24, 2.45) is 0 Å². The number of rotatable bonds is 3. The van der Waals surface area contributed by atoms with Gasteiger partial charge in [-0.15, -0.1) is 0 Å². The Hall–Kier alpha value is -0.270. The van der Waals surface area contributed by atoms with Crippen molar-refractivity contribution in [1.82, 2.24) is 4.31 Å². The number of halogens is 1. The molecule has 0 saturated carbocycles. The number of hydrogen-bond acceptors (Lipinski definition) is 4. The zero-order valence-electron chi connectivity index (χ0n) is 8.85. The number of carbonyl (C=O) groups excluding carboxylic acids is 1. The van der Waals surface area contributed by atoms with Crippen molar-refractivity contribution >= 4 is 36.1 Å². The molecule has 1 unspecified atom stereocenters. The summed E-state index contributed by atoms with van der Waals surface area (Å²) < 4.78 is 7.60. The molecule has 0 aliphatic carbocycles. The van der Waals surface area contributed by atoms with Crippen LogP contribution in [0, 0.1) is 0 Å². The van der Waals surface area contributed by atoms with Crippen molar-refractivity contribution in [2.45, 2.75) is 19.4 Å². The second-order valence-corrected chi connectivity index (χ2v) is 5.49. The maximum Gasteiger partial charge on any atom is 0.156 e. The van der Waals surface area contributed by atoms with Gasteiger partial charge in [0.1, 0.15) is 5.76 Å². The number of carbonyl (C=O) groups is 1. The molecule has 16 heavy (non-hydrogen) atoms. The van der Waals surface area contributed by atoms with E-state index in [2.05, 4.69) is 25.5 Å². The van der Waals surface area contributed by atoms with E-state index in [4.69, 9.17) is 4.42 Å². The van der Waals surface area contributed by atoms with E-state index in [1.54, 1.807) is 22.3 Å². The Bertz CT molecular complexity index is 402. The molecule has 86 valence electrons. The van der Waals surface area contributed by atoms with Crippen LogP contribution in [0.25, 0.3) is 0 Å². The highest BCUT2D eigenvalue weighted by atomic mass is 127. The van der Waals surface area contributed by atoms with Gasteiger partial charge in [0.25, 0.3) is 0 Å². The van der Waals surface area contributed by atoms with E-state index in [-0.39, 0.29) is 11.8 Å². The molecule has 0 N–H and O–H groups in total. The van der Waals surface area contributed by atoms with Crippen molar-refractivity contribution in [1.29, 1.82) is 0 Å². The summed E-state index contributed by atoms with van der Waals surface area (Å²) in [7, 11) is 1.62. The normalized spacial score (nSPS) is 21.9. The molecule has 0 amide bonds. The largest absolute Gasteiger partial charge is 0.468 e. The van der Waals surface area contributed by atoms with Gasteiger partial charge in [-0.05, 0) is 34.6 Å². The third-order valence-corrected chi connectivity index (χ3v) is 4.75. The van der Waals surface area contributed by atoms with Crippen LogP contribution in [-0.2, 0) is 4.79 Å². The quantitative estimate of drug-likeness (QED) is 0.617. The molecule has 2 heterocycles. The van der Waals surface area contributed by atoms with Crippen LogP contribution in [0.2, 0.25) is 0 Å². The van der Waals surface area contributed by atoms with Gasteiger partial charge in [0.05, 0.1) is 12.3 Å². The number of hydrogen-bond donors (Lipinski definition) is 0. The van der Waals surface area contributed by atoms with E-state index >= 15 is 0 Å². The van der Waals surface area contributed by atoms with Gasteiger partial charge in [-0.2, -0.15) is 0 Å². The first-order valence-corrected chi connectivity index (χ1v) is 8.32. The third-order valence-electron chi connectivity index (χ3n) is 2.67. The standard InChI is InChI=1S/C11H12INO2S/c1-8(14)9-4-5-10(13(7-9)16-12)11-3-2-6-15-11/h2-4,6,10H,5,7H2,1H3. The molecule has 1 aromatic rings. The first-order valence-electron chi connectivity index (χ1n) is 5.01. The van der Waals surface area contributed by atoms with Crippen molar-refractivity contribution in [3.05, 3.63) is 35.8 Å². The lowest BCUT2D eigenvalue weighted by Crippen LogP contribution is -2.28. The Kier molecular flexibility index (Phi) is 4.10. The monoisotopic (exact) mass is 349 g/mol. The number of ketones is 1. The van der Waals surface area contributed by atoms with E-state index in [0.717, 1.165) is 17.8 Å². The minimum absolute atomic E-state index is 0.161. The second kappa shape index (κ2) is 5.37. The van der Waals surface area contributed by atoms with E-state index in [9.17, 15) is 4.79 Å². The fourth-order valence-corrected chi connectivity index (χ4v) is 3.50. The fraction of sp³-hybridized carbons (Fsp3) is 0.364. The molecule has 1 aliphatic rings. The molecule has 5 heteroatoms. The second-order valence-electron chi connectivity index (χ2n) is 3.70. The van der Waals surface area contributed by atoms with Crippen molar-refractivity contribution in [2.75, 3.05) is 6.54 Å². The minimum Gasteiger partial charge on any atom is -0.468 e. The molecule has 1 aliphatic heterocycles. The smallest absolute Gasteiger partial charge is 0.156 e. The Morgan fingerprint density at radius 1 is 1.69 bits per heavy atom. The molecule has 0 saturated heterocycles. The lowest BCUT2D eigenvalue weighted by Gasteiger charge is -2.30. The van der Waals surface area contributed by atoms with E-state index in [1.165, 1.54) is 0 Å². The summed E-state index contributed by atoms with van der Waals surface area (Å²) in [5.74, 6) is 1.12. The van der Waals surface area contributed by atoms with Crippen LogP contribution < -0.4 is 0 Å². The lowest BCUT2D eigenvalue weighted by atomic mass is 10.0. The molecule has 1 aromatic heterocycles. The average molecular weight is 349 g/mol. The molecule has 2 rings (SSSR count). The van der Waals surface area contributed by atoms with E-state index in [0.29, 0.717) is 6.54 Å². The topological polar surface area (TPSA) is 33.5 Å². The Morgan fingerprint density at radius 3 is 3.06 bits per heavy atom. The van der Waals surface area contributed by atoms with Gasteiger partial charge in [0.2, 0.25) is 0 Å². The molecule has 0 radical (unpaired) electrons. The Balaban J connectivity index is 2.20. The van der Waals surface area contributed by atoms with E-state index < -0.39 is 0 Å². The first kappa shape index (κ1) is 12.2. The molecule has 1 atom stereocenters. The van der Waals surface area contributed by atoms with Crippen LogP contribution >= 0.6 is 30.3 Å². The summed E-state index contributed by atoms with van der Waals surface area (Å²) >= 11 is 2.24. The molecular formula is C11H12INO2S. The van der Waals surface area contributed by atoms with Gasteiger partial charge < -0.3 is 4.42 Å². The molecule has 0 bridgehead atoms. The number of Topliss-reactive ketones (excluding diaryl/α,β-unsaturated/α-hetero) is 1. The van der Waals surface area contributed by atoms with Gasteiger partial charge >= 0.3 is 0 Å². The Labute approximate surface area is 111 Å². The van der Waals surface area contributed by atoms with Crippen LogP contribution in [-0.4, -0.2) is 16.6 Å². The van der Waals surface area contributed by atoms with Crippen LogP contribution in [0.4, 0.5) is 0 Å². The van der Waals surface area contributed by atoms with Crippen molar-refractivity contribution in [3.8, 4) is 0 Å². The van der Waals surface area contributed by atoms with Gasteiger partial charge in [0.15, 0.2) is 5.78 Å². The summed E-state index contributed by atoms with van der Waals surface area (Å²) in [4.78, 5) is 11.3. The predicted molar refractivity (Wildman–Crippen MR) is 73.1 cm³/mol. The summed E-state index contributed by atoms with van der Waals surface area (Å²) in [6, 6.07) is 4.12. The maximum absolute atomic E-state index is 11.3. The summed E-state index contributed by atoms with van der Waals surface area (Å²) in [6.07, 6.45) is 4.55. The van der Waals surface area contributed by atoms with Crippen molar-refractivity contribution < 1.29 is 9.21 Å². The van der Waals surface area contributed by atoms with Gasteiger partial charge in [-0.3, -0.25) is 4.79 Å². The molecule has 0 aromatic carbocycles. The number of nitrogens with zero attached hydrogens (tertiary/aromatic N) is 1. The molecule has 0 spiro atoms. The zero-order valence-corrected chi connectivity index (χ0v) is 11.8. The Morgan fingerprint density at radius 2 is 2.50 bits per heavy atom. The van der Waals surface area contributed by atoms with Gasteiger partial charge in [-0.25, -0.2) is 4.31 Å². The third kappa shape index (κ3) is 2.52. The van der Waals surface area contributed by atoms with Crippen LogP contribution in [0.1, 0.15) is 25.1 Å². The molecule has 3 nitrogen and oxygen atoms in total. The van der Waals surface area contributed by atoms with Crippen molar-refractivity contribution in [3.63, 3.8) is 0 Å². The summed E-state index contributed by atoms with van der Waals surface area (Å²) in [5, 5.41) is 0. The first-order chi connectivity index (χ1) is 7.72. The minimum atomic E-state index is 0.161. The lowest BCUT2D eigenvalue weighted by molar-refractivity contribution is -0.113. The summed E-state index contributed by atoms with van der Waals surface area (Å²) in [6.45, 7) is 2.31.